The van der Waals surface area contributed by atoms with Gasteiger partial charge in [0.2, 0.25) is 0 Å². The first-order chi connectivity index (χ1) is 13.4. The molecule has 6 nitrogen and oxygen atoms in total. The minimum atomic E-state index is -0.587. The van der Waals surface area contributed by atoms with Crippen LogP contribution in [0.3, 0.4) is 0 Å². The third kappa shape index (κ3) is 5.03. The van der Waals surface area contributed by atoms with E-state index in [9.17, 15) is 14.0 Å². The van der Waals surface area contributed by atoms with Gasteiger partial charge >= 0.3 is 0 Å². The van der Waals surface area contributed by atoms with Crippen LogP contribution in [0.5, 0.6) is 5.75 Å². The molecule has 0 aliphatic carbocycles. The fraction of sp³-hybridized carbons (Fsp3) is 0.0526. The minimum absolute atomic E-state index is 0.105. The van der Waals surface area contributed by atoms with E-state index in [0.29, 0.717) is 10.7 Å². The number of hydrogen-bond donors (Lipinski definition) is 2. The smallest absolute Gasteiger partial charge is 0.291 e. The molecule has 0 atom stereocenters. The monoisotopic (exact) mass is 422 g/mol. The molecule has 1 heterocycles. The van der Waals surface area contributed by atoms with Crippen molar-refractivity contribution in [3.05, 3.63) is 76.4 Å². The fourth-order valence-electron chi connectivity index (χ4n) is 2.22. The highest BCUT2D eigenvalue weighted by molar-refractivity contribution is 6.31. The number of rotatable bonds is 6. The summed E-state index contributed by atoms with van der Waals surface area (Å²) in [6.07, 6.45) is 1.37. The molecule has 2 aromatic carbocycles. The van der Waals surface area contributed by atoms with E-state index < -0.39 is 17.6 Å². The van der Waals surface area contributed by atoms with Gasteiger partial charge in [-0.15, -0.1) is 0 Å². The van der Waals surface area contributed by atoms with Gasteiger partial charge in [-0.05, 0) is 42.5 Å². The highest BCUT2D eigenvalue weighted by atomic mass is 35.5. The topological polar surface area (TPSA) is 80.6 Å². The van der Waals surface area contributed by atoms with E-state index >= 15 is 0 Å². The van der Waals surface area contributed by atoms with E-state index in [4.69, 9.17) is 32.4 Å². The number of nitrogens with one attached hydrogen (secondary N) is 2. The van der Waals surface area contributed by atoms with Crippen molar-refractivity contribution >= 4 is 46.4 Å². The molecule has 0 saturated heterocycles. The number of amides is 2. The number of anilines is 2. The summed E-state index contributed by atoms with van der Waals surface area (Å²) in [5.74, 6) is -1.24. The summed E-state index contributed by atoms with van der Waals surface area (Å²) >= 11 is 11.6. The maximum atomic E-state index is 13.1. The molecule has 144 valence electrons. The Morgan fingerprint density at radius 2 is 1.86 bits per heavy atom. The zero-order valence-electron chi connectivity index (χ0n) is 14.2. The summed E-state index contributed by atoms with van der Waals surface area (Å²) in [6.45, 7) is -0.351. The van der Waals surface area contributed by atoms with Crippen molar-refractivity contribution in [2.24, 2.45) is 0 Å². The molecule has 0 aliphatic rings. The Morgan fingerprint density at radius 1 is 1.04 bits per heavy atom. The van der Waals surface area contributed by atoms with Crippen LogP contribution in [0.25, 0.3) is 0 Å². The molecule has 1 aromatic heterocycles. The first-order valence-electron chi connectivity index (χ1n) is 7.94. The summed E-state index contributed by atoms with van der Waals surface area (Å²) in [5, 5.41) is 5.48. The van der Waals surface area contributed by atoms with Crippen LogP contribution in [0.4, 0.5) is 15.8 Å². The number of carbonyl (C=O) groups is 2. The largest absolute Gasteiger partial charge is 0.484 e. The predicted molar refractivity (Wildman–Crippen MR) is 104 cm³/mol. The lowest BCUT2D eigenvalue weighted by Gasteiger charge is -2.13. The molecule has 0 unspecified atom stereocenters. The van der Waals surface area contributed by atoms with E-state index in [1.54, 1.807) is 12.1 Å². The molecule has 0 fully saturated rings. The van der Waals surface area contributed by atoms with E-state index in [0.717, 1.165) is 6.07 Å². The minimum Gasteiger partial charge on any atom is -0.484 e. The van der Waals surface area contributed by atoms with E-state index in [-0.39, 0.29) is 28.8 Å². The Morgan fingerprint density at radius 3 is 2.57 bits per heavy atom. The maximum absolute atomic E-state index is 13.1. The zero-order chi connectivity index (χ0) is 20.1. The number of ether oxygens (including phenoxy) is 1. The van der Waals surface area contributed by atoms with Crippen molar-refractivity contribution in [1.29, 1.82) is 0 Å². The summed E-state index contributed by atoms with van der Waals surface area (Å²) in [7, 11) is 0. The van der Waals surface area contributed by atoms with Crippen LogP contribution in [-0.2, 0) is 4.79 Å². The van der Waals surface area contributed by atoms with Crippen LogP contribution in [-0.4, -0.2) is 18.4 Å². The molecular formula is C19H13Cl2FN2O4. The molecule has 3 aromatic rings. The molecular weight excluding hydrogens is 410 g/mol. The van der Waals surface area contributed by atoms with Gasteiger partial charge in [0.25, 0.3) is 11.8 Å². The van der Waals surface area contributed by atoms with E-state index in [2.05, 4.69) is 10.6 Å². The van der Waals surface area contributed by atoms with Gasteiger partial charge in [-0.25, -0.2) is 4.39 Å². The van der Waals surface area contributed by atoms with Crippen molar-refractivity contribution in [2.45, 2.75) is 0 Å². The lowest BCUT2D eigenvalue weighted by atomic mass is 10.2. The quantitative estimate of drug-likeness (QED) is 0.585. The van der Waals surface area contributed by atoms with Gasteiger partial charge in [-0.2, -0.15) is 0 Å². The predicted octanol–water partition coefficient (Wildman–Crippen LogP) is 5.00. The summed E-state index contributed by atoms with van der Waals surface area (Å²) in [4.78, 5) is 24.3. The lowest BCUT2D eigenvalue weighted by Crippen LogP contribution is -2.21. The highest BCUT2D eigenvalue weighted by Gasteiger charge is 2.14. The third-order valence-corrected chi connectivity index (χ3v) is 4.03. The van der Waals surface area contributed by atoms with E-state index in [1.807, 2.05) is 0 Å². The number of furan rings is 1. The Hall–Kier alpha value is -3.03. The first-order valence-corrected chi connectivity index (χ1v) is 8.70. The van der Waals surface area contributed by atoms with Gasteiger partial charge in [0, 0.05) is 11.1 Å². The van der Waals surface area contributed by atoms with Crippen molar-refractivity contribution < 1.29 is 23.1 Å². The number of carbonyl (C=O) groups excluding carboxylic acids is 2. The normalized spacial score (nSPS) is 10.4. The molecule has 0 radical (unpaired) electrons. The van der Waals surface area contributed by atoms with Crippen molar-refractivity contribution in [3.8, 4) is 5.75 Å². The van der Waals surface area contributed by atoms with Crippen LogP contribution in [0.1, 0.15) is 10.6 Å². The second-order valence-corrected chi connectivity index (χ2v) is 6.38. The zero-order valence-corrected chi connectivity index (χ0v) is 15.7. The third-order valence-electron chi connectivity index (χ3n) is 3.51. The van der Waals surface area contributed by atoms with Crippen LogP contribution < -0.4 is 15.4 Å². The average molecular weight is 423 g/mol. The molecule has 3 rings (SSSR count). The summed E-state index contributed by atoms with van der Waals surface area (Å²) in [6, 6.07) is 11.4. The van der Waals surface area contributed by atoms with Gasteiger partial charge in [-0.3, -0.25) is 9.59 Å². The fourth-order valence-corrected chi connectivity index (χ4v) is 2.57. The second kappa shape index (κ2) is 8.77. The Bertz CT molecular complexity index is 1010. The van der Waals surface area contributed by atoms with Crippen molar-refractivity contribution in [2.75, 3.05) is 17.2 Å². The Labute approximate surface area is 169 Å². The van der Waals surface area contributed by atoms with Gasteiger partial charge < -0.3 is 19.8 Å². The Balaban J connectivity index is 1.66. The molecule has 2 N–H and O–H groups in total. The molecule has 0 saturated carbocycles. The maximum Gasteiger partial charge on any atom is 0.291 e. The van der Waals surface area contributed by atoms with Gasteiger partial charge in [-0.1, -0.05) is 23.2 Å². The molecule has 0 spiro atoms. The highest BCUT2D eigenvalue weighted by Crippen LogP contribution is 2.27. The van der Waals surface area contributed by atoms with Crippen LogP contribution in [0, 0.1) is 5.82 Å². The van der Waals surface area contributed by atoms with Gasteiger partial charge in [0.1, 0.15) is 11.6 Å². The first kappa shape index (κ1) is 19.7. The van der Waals surface area contributed by atoms with Crippen molar-refractivity contribution in [3.63, 3.8) is 0 Å². The SMILES string of the molecule is O=C(COc1ccc(F)c(Cl)c1)Nc1ccc(Cl)cc1NC(=O)c1ccco1. The Kier molecular flexibility index (Phi) is 6.18. The molecule has 0 aliphatic heterocycles. The molecule has 28 heavy (non-hydrogen) atoms. The van der Waals surface area contributed by atoms with Crippen LogP contribution >= 0.6 is 23.2 Å². The number of benzene rings is 2. The average Bonchev–Trinajstić information content (AvgIpc) is 3.20. The summed E-state index contributed by atoms with van der Waals surface area (Å²) < 4.78 is 23.5. The second-order valence-electron chi connectivity index (χ2n) is 5.53. The summed E-state index contributed by atoms with van der Waals surface area (Å²) in [5.41, 5.74) is 0.599. The molecule has 9 heteroatoms. The van der Waals surface area contributed by atoms with E-state index in [1.165, 1.54) is 36.6 Å². The van der Waals surface area contributed by atoms with Crippen LogP contribution in [0.2, 0.25) is 10.0 Å². The molecule has 0 bridgehead atoms. The number of halogens is 3. The van der Waals surface area contributed by atoms with Crippen LogP contribution in [0.15, 0.2) is 59.2 Å². The number of hydrogen-bond acceptors (Lipinski definition) is 4. The van der Waals surface area contributed by atoms with Crippen molar-refractivity contribution in [1.82, 2.24) is 0 Å². The molecule has 2 amide bonds. The standard InChI is InChI=1S/C19H13Cl2FN2O4/c20-11-3-6-15(16(8-11)24-19(26)17-2-1-7-27-17)23-18(25)10-28-12-4-5-14(22)13(21)9-12/h1-9H,10H2,(H,23,25)(H,24,26). The van der Waals surface area contributed by atoms with Gasteiger partial charge in [0.05, 0.1) is 22.7 Å². The van der Waals surface area contributed by atoms with Gasteiger partial charge in [0.15, 0.2) is 12.4 Å². The lowest BCUT2D eigenvalue weighted by molar-refractivity contribution is -0.118.